The summed E-state index contributed by atoms with van der Waals surface area (Å²) in [6.07, 6.45) is -0.0967. The number of hydrogen-bond donors (Lipinski definition) is 1. The second kappa shape index (κ2) is 7.67. The Bertz CT molecular complexity index is 814. The van der Waals surface area contributed by atoms with Gasteiger partial charge in [-0.1, -0.05) is 23.9 Å². The van der Waals surface area contributed by atoms with E-state index in [1.54, 1.807) is 0 Å². The third-order valence-corrected chi connectivity index (χ3v) is 4.49. The van der Waals surface area contributed by atoms with Gasteiger partial charge in [-0.25, -0.2) is 0 Å². The first-order chi connectivity index (χ1) is 11.9. The molecule has 1 aromatic carbocycles. The van der Waals surface area contributed by atoms with Gasteiger partial charge in [0.25, 0.3) is 5.69 Å². The minimum atomic E-state index is -0.808. The summed E-state index contributed by atoms with van der Waals surface area (Å²) in [7, 11) is 1.22. The molecule has 1 heterocycles. The molecule has 1 amide bonds. The summed E-state index contributed by atoms with van der Waals surface area (Å²) in [5.74, 6) is -2.53. The number of allylic oxidation sites excluding steroid dienone is 1. The molecule has 0 unspecified atom stereocenters. The predicted molar refractivity (Wildman–Crippen MR) is 85.2 cm³/mol. The van der Waals surface area contributed by atoms with Gasteiger partial charge in [0.2, 0.25) is 5.91 Å². The number of hydrogen-bond acceptors (Lipinski definition) is 8. The van der Waals surface area contributed by atoms with Crippen LogP contribution in [0.2, 0.25) is 0 Å². The van der Waals surface area contributed by atoms with Crippen molar-refractivity contribution in [3.05, 3.63) is 44.5 Å². The van der Waals surface area contributed by atoms with Crippen LogP contribution in [-0.2, 0) is 14.3 Å². The Labute approximate surface area is 146 Å². The highest BCUT2D eigenvalue weighted by Crippen LogP contribution is 2.38. The van der Waals surface area contributed by atoms with Crippen LogP contribution in [0.15, 0.2) is 28.8 Å². The van der Waals surface area contributed by atoms with Gasteiger partial charge in [0.05, 0.1) is 34.5 Å². The second-order valence-electron chi connectivity index (χ2n) is 5.01. The number of thioether (sulfide) groups is 1. The van der Waals surface area contributed by atoms with E-state index in [1.165, 1.54) is 13.2 Å². The lowest BCUT2D eigenvalue weighted by Crippen LogP contribution is -2.31. The lowest BCUT2D eigenvalue weighted by molar-refractivity contribution is -0.398. The van der Waals surface area contributed by atoms with Gasteiger partial charge in [0.1, 0.15) is 0 Å². The Morgan fingerprint density at radius 3 is 2.88 bits per heavy atom. The quantitative estimate of drug-likeness (QED) is 0.462. The maximum absolute atomic E-state index is 11.9. The molecule has 130 valence electrons. The third kappa shape index (κ3) is 4.07. The van der Waals surface area contributed by atoms with Gasteiger partial charge in [-0.05, 0) is 11.3 Å². The summed E-state index contributed by atoms with van der Waals surface area (Å²) in [5.41, 5.74) is -0.139. The Hall–Kier alpha value is -3.06. The van der Waals surface area contributed by atoms with Gasteiger partial charge in [0, 0.05) is 18.4 Å². The highest BCUT2D eigenvalue weighted by Gasteiger charge is 2.30. The van der Waals surface area contributed by atoms with Crippen molar-refractivity contribution in [2.24, 2.45) is 0 Å². The van der Waals surface area contributed by atoms with E-state index in [4.69, 9.17) is 0 Å². The second-order valence-corrected chi connectivity index (χ2v) is 5.99. The van der Waals surface area contributed by atoms with Gasteiger partial charge in [-0.3, -0.25) is 19.7 Å². The molecule has 0 spiro atoms. The van der Waals surface area contributed by atoms with E-state index in [2.05, 4.69) is 10.1 Å². The van der Waals surface area contributed by atoms with E-state index >= 15 is 0 Å². The molecule has 1 N–H and O–H groups in total. The first kappa shape index (κ1) is 18.3. The summed E-state index contributed by atoms with van der Waals surface area (Å²) in [5, 5.41) is 34.6. The molecule has 1 aliphatic heterocycles. The average Bonchev–Trinajstić information content (AvgIpc) is 2.59. The van der Waals surface area contributed by atoms with Crippen molar-refractivity contribution in [1.82, 2.24) is 5.32 Å². The molecule has 2 rings (SSSR count). The standard InChI is InChI=1S/C15H13N3O6S/c1-24-14(21)7-25-15-10(6-16)9(5-13(20)17-15)8-2-3-12(19)11(4-8)18(22)23/h2-4,9,19H,5,7H2,1H3,(H,17,20)/p-1/t9-/m1/s1. The molecule has 25 heavy (non-hydrogen) atoms. The van der Waals surface area contributed by atoms with Crippen molar-refractivity contribution in [1.29, 1.82) is 5.26 Å². The Balaban J connectivity index is 2.43. The van der Waals surface area contributed by atoms with Crippen LogP contribution in [0.1, 0.15) is 17.9 Å². The number of esters is 1. The highest BCUT2D eigenvalue weighted by atomic mass is 32.2. The molecule has 0 bridgehead atoms. The van der Waals surface area contributed by atoms with Gasteiger partial charge in [0.15, 0.2) is 0 Å². The summed E-state index contributed by atoms with van der Waals surface area (Å²) < 4.78 is 4.52. The number of nitriles is 1. The minimum absolute atomic E-state index is 0.0967. The zero-order chi connectivity index (χ0) is 18.6. The Kier molecular flexibility index (Phi) is 5.61. The highest BCUT2D eigenvalue weighted by molar-refractivity contribution is 8.03. The van der Waals surface area contributed by atoms with Crippen LogP contribution in [0.25, 0.3) is 0 Å². The van der Waals surface area contributed by atoms with Crippen LogP contribution in [-0.4, -0.2) is 29.7 Å². The number of carbonyl (C=O) groups is 2. The van der Waals surface area contributed by atoms with Gasteiger partial charge in [-0.2, -0.15) is 5.26 Å². The monoisotopic (exact) mass is 362 g/mol. The molecule has 10 heteroatoms. The number of nitro groups is 1. The molecule has 0 saturated carbocycles. The van der Waals surface area contributed by atoms with Crippen molar-refractivity contribution < 1.29 is 24.4 Å². The fourth-order valence-electron chi connectivity index (χ4n) is 2.30. The number of carbonyl (C=O) groups excluding carboxylic acids is 2. The predicted octanol–water partition coefficient (Wildman–Crippen LogP) is 0.913. The lowest BCUT2D eigenvalue weighted by atomic mass is 9.87. The summed E-state index contributed by atoms with van der Waals surface area (Å²) >= 11 is 0.934. The molecular formula is C15H12N3O6S-. The van der Waals surface area contributed by atoms with E-state index in [0.717, 1.165) is 23.9 Å². The minimum Gasteiger partial charge on any atom is -0.868 e. The van der Waals surface area contributed by atoms with E-state index < -0.39 is 34.2 Å². The normalized spacial score (nSPS) is 16.8. The smallest absolute Gasteiger partial charge is 0.316 e. The molecule has 0 aromatic heterocycles. The SMILES string of the molecule is COC(=O)CSC1=C(C#N)[C@@H](c2ccc([O-])c([N+](=O)[O-])c2)CC(=O)N1. The van der Waals surface area contributed by atoms with Crippen LogP contribution < -0.4 is 10.4 Å². The summed E-state index contributed by atoms with van der Waals surface area (Å²) in [6, 6.07) is 5.44. The molecule has 0 radical (unpaired) electrons. The largest absolute Gasteiger partial charge is 0.868 e. The average molecular weight is 362 g/mol. The van der Waals surface area contributed by atoms with Gasteiger partial charge >= 0.3 is 5.97 Å². The number of methoxy groups -OCH3 is 1. The van der Waals surface area contributed by atoms with Crippen LogP contribution in [0.5, 0.6) is 5.75 Å². The van der Waals surface area contributed by atoms with Crippen molar-refractivity contribution >= 4 is 29.3 Å². The number of nitrogens with zero attached hydrogens (tertiary/aromatic N) is 2. The van der Waals surface area contributed by atoms with Gasteiger partial charge < -0.3 is 15.2 Å². The molecule has 0 fully saturated rings. The molecular weight excluding hydrogens is 350 g/mol. The van der Waals surface area contributed by atoms with Gasteiger partial charge in [-0.15, -0.1) is 0 Å². The number of nitro benzene ring substituents is 1. The maximum atomic E-state index is 11.9. The lowest BCUT2D eigenvalue weighted by Gasteiger charge is -2.25. The summed E-state index contributed by atoms with van der Waals surface area (Å²) in [4.78, 5) is 33.3. The fraction of sp³-hybridized carbons (Fsp3) is 0.267. The molecule has 1 atom stereocenters. The van der Waals surface area contributed by atoms with Crippen LogP contribution in [0.3, 0.4) is 0 Å². The van der Waals surface area contributed by atoms with Crippen molar-refractivity contribution in [3.63, 3.8) is 0 Å². The van der Waals surface area contributed by atoms with Crippen molar-refractivity contribution in [2.45, 2.75) is 12.3 Å². The zero-order valence-corrected chi connectivity index (χ0v) is 13.8. The fourth-order valence-corrected chi connectivity index (χ4v) is 3.21. The maximum Gasteiger partial charge on any atom is 0.316 e. The number of benzene rings is 1. The molecule has 9 nitrogen and oxygen atoms in total. The molecule has 0 aliphatic carbocycles. The van der Waals surface area contributed by atoms with Crippen molar-refractivity contribution in [3.8, 4) is 11.8 Å². The van der Waals surface area contributed by atoms with E-state index in [0.29, 0.717) is 5.56 Å². The number of ether oxygens (including phenoxy) is 1. The van der Waals surface area contributed by atoms with Crippen LogP contribution in [0.4, 0.5) is 5.69 Å². The summed E-state index contributed by atoms with van der Waals surface area (Å²) in [6.45, 7) is 0. The first-order valence-electron chi connectivity index (χ1n) is 6.96. The molecule has 0 saturated heterocycles. The van der Waals surface area contributed by atoms with E-state index in [9.17, 15) is 30.1 Å². The molecule has 1 aliphatic rings. The number of nitrogens with one attached hydrogen (secondary N) is 1. The van der Waals surface area contributed by atoms with Crippen LogP contribution in [0, 0.1) is 21.4 Å². The molecule has 1 aromatic rings. The number of amides is 1. The zero-order valence-electron chi connectivity index (χ0n) is 13.0. The Morgan fingerprint density at radius 1 is 1.56 bits per heavy atom. The van der Waals surface area contributed by atoms with E-state index in [-0.39, 0.29) is 22.8 Å². The topological polar surface area (TPSA) is 145 Å². The first-order valence-corrected chi connectivity index (χ1v) is 7.95. The Morgan fingerprint density at radius 2 is 2.28 bits per heavy atom. The third-order valence-electron chi connectivity index (χ3n) is 3.50. The van der Waals surface area contributed by atoms with Crippen molar-refractivity contribution in [2.75, 3.05) is 12.9 Å². The van der Waals surface area contributed by atoms with E-state index in [1.807, 2.05) is 6.07 Å². The van der Waals surface area contributed by atoms with Crippen LogP contribution >= 0.6 is 11.8 Å². The number of rotatable bonds is 5.